The van der Waals surface area contributed by atoms with Crippen molar-refractivity contribution in [2.45, 2.75) is 32.2 Å². The molecule has 6 nitrogen and oxygen atoms in total. The molecule has 1 aromatic carbocycles. The molecule has 24 heavy (non-hydrogen) atoms. The highest BCUT2D eigenvalue weighted by Crippen LogP contribution is 2.20. The predicted octanol–water partition coefficient (Wildman–Crippen LogP) is 2.88. The first-order valence-electron chi connectivity index (χ1n) is 8.20. The maximum Gasteiger partial charge on any atom is 0.107 e. The van der Waals surface area contributed by atoms with E-state index in [2.05, 4.69) is 21.1 Å². The third-order valence-corrected chi connectivity index (χ3v) is 3.96. The summed E-state index contributed by atoms with van der Waals surface area (Å²) in [7, 11) is 0. The van der Waals surface area contributed by atoms with Crippen molar-refractivity contribution in [1.82, 2.24) is 19.7 Å². The Kier molecular flexibility index (Phi) is 5.14. The zero-order valence-electron chi connectivity index (χ0n) is 13.5. The van der Waals surface area contributed by atoms with Crippen molar-refractivity contribution in [3.63, 3.8) is 0 Å². The summed E-state index contributed by atoms with van der Waals surface area (Å²) in [6.07, 6.45) is 10.00. The summed E-state index contributed by atoms with van der Waals surface area (Å²) in [4.78, 5) is 9.01. The maximum absolute atomic E-state index is 9.22. The molecule has 0 bridgehead atoms. The molecule has 2 N–H and O–H groups in total. The number of benzene rings is 1. The van der Waals surface area contributed by atoms with E-state index >= 15 is 0 Å². The number of nitrogens with two attached hydrogens (primary N) is 1. The lowest BCUT2D eigenvalue weighted by Crippen LogP contribution is -2.00. The smallest absolute Gasteiger partial charge is 0.107 e. The molecular weight excluding hydrogens is 300 g/mol. The molecular formula is C18H20N6. The standard InChI is InChI=1S/C18H20N6/c19-8-3-1-2-4-9-24-13-15(11-22-24)17-12-21-16-7-5-6-14(10-20)18(16)23-17/h5-7,11-13H,1-4,8-9,19H2. The highest BCUT2D eigenvalue weighted by atomic mass is 15.3. The minimum Gasteiger partial charge on any atom is -0.330 e. The number of aryl methyl sites for hydroxylation is 1. The summed E-state index contributed by atoms with van der Waals surface area (Å²) in [6.45, 7) is 1.65. The van der Waals surface area contributed by atoms with Gasteiger partial charge in [-0.2, -0.15) is 10.4 Å². The number of rotatable bonds is 7. The van der Waals surface area contributed by atoms with Gasteiger partial charge in [0.1, 0.15) is 11.6 Å². The van der Waals surface area contributed by atoms with E-state index in [0.717, 1.165) is 55.5 Å². The number of nitrogens with zero attached hydrogens (tertiary/aromatic N) is 5. The van der Waals surface area contributed by atoms with Gasteiger partial charge in [-0.25, -0.2) is 4.98 Å². The molecule has 3 rings (SSSR count). The molecule has 0 aliphatic carbocycles. The van der Waals surface area contributed by atoms with Crippen LogP contribution in [0.3, 0.4) is 0 Å². The molecule has 0 amide bonds. The molecule has 122 valence electrons. The van der Waals surface area contributed by atoms with E-state index in [1.165, 1.54) is 0 Å². The van der Waals surface area contributed by atoms with Crippen LogP contribution in [0.4, 0.5) is 0 Å². The van der Waals surface area contributed by atoms with Crippen molar-refractivity contribution in [3.8, 4) is 17.3 Å². The molecule has 0 unspecified atom stereocenters. The van der Waals surface area contributed by atoms with Crippen molar-refractivity contribution < 1.29 is 0 Å². The molecule has 0 aliphatic heterocycles. The number of hydrogen-bond acceptors (Lipinski definition) is 5. The van der Waals surface area contributed by atoms with Gasteiger partial charge in [0.05, 0.1) is 29.2 Å². The van der Waals surface area contributed by atoms with E-state index in [9.17, 15) is 5.26 Å². The summed E-state index contributed by atoms with van der Waals surface area (Å²) >= 11 is 0. The van der Waals surface area contributed by atoms with Crippen LogP contribution in [0.25, 0.3) is 22.3 Å². The lowest BCUT2D eigenvalue weighted by Gasteiger charge is -2.02. The quantitative estimate of drug-likeness (QED) is 0.676. The lowest BCUT2D eigenvalue weighted by molar-refractivity contribution is 0.537. The third-order valence-electron chi connectivity index (χ3n) is 3.96. The van der Waals surface area contributed by atoms with Crippen LogP contribution in [0.15, 0.2) is 36.8 Å². The van der Waals surface area contributed by atoms with Gasteiger partial charge in [0.25, 0.3) is 0 Å². The SMILES string of the molecule is N#Cc1cccc2ncc(-c3cnn(CCCCCCN)c3)nc12. The Morgan fingerprint density at radius 2 is 2.00 bits per heavy atom. The predicted molar refractivity (Wildman–Crippen MR) is 93.0 cm³/mol. The first-order chi connectivity index (χ1) is 11.8. The van der Waals surface area contributed by atoms with Crippen molar-refractivity contribution in [2.75, 3.05) is 6.54 Å². The average molecular weight is 320 g/mol. The van der Waals surface area contributed by atoms with Crippen molar-refractivity contribution in [3.05, 3.63) is 42.4 Å². The van der Waals surface area contributed by atoms with E-state index in [0.29, 0.717) is 11.1 Å². The van der Waals surface area contributed by atoms with Gasteiger partial charge in [-0.15, -0.1) is 0 Å². The second-order valence-electron chi connectivity index (χ2n) is 5.74. The summed E-state index contributed by atoms with van der Waals surface area (Å²) in [5.74, 6) is 0. The van der Waals surface area contributed by atoms with Crippen LogP contribution in [0, 0.1) is 11.3 Å². The number of hydrogen-bond donors (Lipinski definition) is 1. The van der Waals surface area contributed by atoms with Gasteiger partial charge in [-0.05, 0) is 31.5 Å². The van der Waals surface area contributed by atoms with E-state index in [1.54, 1.807) is 18.5 Å². The van der Waals surface area contributed by atoms with Gasteiger partial charge in [0.2, 0.25) is 0 Å². The van der Waals surface area contributed by atoms with Gasteiger partial charge < -0.3 is 5.73 Å². The van der Waals surface area contributed by atoms with E-state index in [-0.39, 0.29) is 0 Å². The monoisotopic (exact) mass is 320 g/mol. The normalized spacial score (nSPS) is 10.8. The molecule has 0 saturated heterocycles. The molecule has 0 radical (unpaired) electrons. The van der Waals surface area contributed by atoms with Gasteiger partial charge >= 0.3 is 0 Å². The highest BCUT2D eigenvalue weighted by molar-refractivity contribution is 5.82. The van der Waals surface area contributed by atoms with Gasteiger partial charge in [0, 0.05) is 18.3 Å². The molecule has 2 aromatic heterocycles. The van der Waals surface area contributed by atoms with Crippen molar-refractivity contribution >= 4 is 11.0 Å². The van der Waals surface area contributed by atoms with Crippen LogP contribution in [-0.4, -0.2) is 26.3 Å². The number of nitriles is 1. The first kappa shape index (κ1) is 16.1. The Bertz CT molecular complexity index is 861. The lowest BCUT2D eigenvalue weighted by atomic mass is 10.1. The van der Waals surface area contributed by atoms with Gasteiger partial charge in [-0.1, -0.05) is 18.9 Å². The number of para-hydroxylation sites is 1. The second kappa shape index (κ2) is 7.66. The zero-order valence-corrected chi connectivity index (χ0v) is 13.5. The third kappa shape index (κ3) is 3.58. The van der Waals surface area contributed by atoms with Crippen LogP contribution in [0.5, 0.6) is 0 Å². The summed E-state index contributed by atoms with van der Waals surface area (Å²) < 4.78 is 1.93. The Hall–Kier alpha value is -2.78. The molecule has 2 heterocycles. The second-order valence-corrected chi connectivity index (χ2v) is 5.74. The van der Waals surface area contributed by atoms with Gasteiger partial charge in [0.15, 0.2) is 0 Å². The Morgan fingerprint density at radius 1 is 1.12 bits per heavy atom. The largest absolute Gasteiger partial charge is 0.330 e. The topological polar surface area (TPSA) is 93.4 Å². The number of fused-ring (bicyclic) bond motifs is 1. The minimum absolute atomic E-state index is 0.536. The fraction of sp³-hybridized carbons (Fsp3) is 0.333. The summed E-state index contributed by atoms with van der Waals surface area (Å²) in [5, 5.41) is 13.6. The van der Waals surface area contributed by atoms with Crippen LogP contribution in [0.1, 0.15) is 31.2 Å². The van der Waals surface area contributed by atoms with Gasteiger partial charge in [-0.3, -0.25) is 9.67 Å². The fourth-order valence-electron chi connectivity index (χ4n) is 2.65. The van der Waals surface area contributed by atoms with Crippen molar-refractivity contribution in [1.29, 1.82) is 5.26 Å². The van der Waals surface area contributed by atoms with Crippen LogP contribution >= 0.6 is 0 Å². The molecule has 0 saturated carbocycles. The molecule has 6 heteroatoms. The van der Waals surface area contributed by atoms with Crippen LogP contribution in [-0.2, 0) is 6.54 Å². The zero-order chi connectivity index (χ0) is 16.8. The van der Waals surface area contributed by atoms with E-state index in [1.807, 2.05) is 23.0 Å². The Morgan fingerprint density at radius 3 is 2.83 bits per heavy atom. The number of aromatic nitrogens is 4. The van der Waals surface area contributed by atoms with Crippen LogP contribution < -0.4 is 5.73 Å². The summed E-state index contributed by atoms with van der Waals surface area (Å²) in [6, 6.07) is 7.60. The Balaban J connectivity index is 1.75. The Labute approximate surface area is 141 Å². The van der Waals surface area contributed by atoms with E-state index < -0.39 is 0 Å². The van der Waals surface area contributed by atoms with Crippen LogP contribution in [0.2, 0.25) is 0 Å². The number of unbranched alkanes of at least 4 members (excludes halogenated alkanes) is 3. The molecule has 0 atom stereocenters. The fourth-order valence-corrected chi connectivity index (χ4v) is 2.65. The maximum atomic E-state index is 9.22. The average Bonchev–Trinajstić information content (AvgIpc) is 3.09. The molecule has 0 fully saturated rings. The molecule has 0 aliphatic rings. The first-order valence-corrected chi connectivity index (χ1v) is 8.20. The minimum atomic E-state index is 0.536. The molecule has 0 spiro atoms. The highest BCUT2D eigenvalue weighted by Gasteiger charge is 2.08. The van der Waals surface area contributed by atoms with Crippen molar-refractivity contribution in [2.24, 2.45) is 5.73 Å². The molecule has 3 aromatic rings. The van der Waals surface area contributed by atoms with E-state index in [4.69, 9.17) is 5.73 Å². The summed E-state index contributed by atoms with van der Waals surface area (Å²) in [5.41, 5.74) is 9.05.